The molecule has 2 rings (SSSR count). The van der Waals surface area contributed by atoms with E-state index in [2.05, 4.69) is 10.1 Å². The molecule has 0 aliphatic carbocycles. The number of para-hydroxylation sites is 1. The first kappa shape index (κ1) is 15.4. The third kappa shape index (κ3) is 4.24. The Kier molecular flexibility index (Phi) is 5.37. The Labute approximate surface area is 128 Å². The van der Waals surface area contributed by atoms with Crippen LogP contribution in [0.15, 0.2) is 60.7 Å². The number of hydroxylamine groups is 1. The molecule has 2 amide bonds. The lowest BCUT2D eigenvalue weighted by atomic mass is 10.2. The Hall–Kier alpha value is -3.02. The number of nitrogens with zero attached hydrogens (tertiary/aromatic N) is 1. The monoisotopic (exact) mass is 300 g/mol. The maximum Gasteiger partial charge on any atom is 0.448 e. The normalized spacial score (nSPS) is 9.68. The van der Waals surface area contributed by atoms with Crippen LogP contribution in [0.2, 0.25) is 0 Å². The molecular formula is C16H16N2O4. The van der Waals surface area contributed by atoms with Crippen LogP contribution in [0.1, 0.15) is 5.56 Å². The zero-order chi connectivity index (χ0) is 15.8. The number of ether oxygens (including phenoxy) is 1. The van der Waals surface area contributed by atoms with Gasteiger partial charge in [0.05, 0.1) is 12.8 Å². The minimum absolute atomic E-state index is 0.295. The fourth-order valence-corrected chi connectivity index (χ4v) is 1.73. The minimum atomic E-state index is -0.791. The van der Waals surface area contributed by atoms with Crippen molar-refractivity contribution in [3.8, 4) is 0 Å². The van der Waals surface area contributed by atoms with Crippen molar-refractivity contribution in [2.75, 3.05) is 12.2 Å². The number of nitrogens with one attached hydrogen (secondary N) is 1. The smallest absolute Gasteiger partial charge is 0.448 e. The van der Waals surface area contributed by atoms with E-state index in [9.17, 15) is 9.59 Å². The van der Waals surface area contributed by atoms with Crippen LogP contribution in [-0.2, 0) is 16.1 Å². The average Bonchev–Trinajstić information content (AvgIpc) is 2.59. The molecule has 0 aliphatic heterocycles. The van der Waals surface area contributed by atoms with Crippen molar-refractivity contribution >= 4 is 17.9 Å². The molecule has 0 aromatic heterocycles. The second-order valence-corrected chi connectivity index (χ2v) is 4.32. The Morgan fingerprint density at radius 1 is 1.00 bits per heavy atom. The third-order valence-electron chi connectivity index (χ3n) is 2.79. The summed E-state index contributed by atoms with van der Waals surface area (Å²) in [5.74, 6) is 0. The fourth-order valence-electron chi connectivity index (χ4n) is 1.73. The number of carbonyl (C=O) groups is 2. The number of anilines is 1. The summed E-state index contributed by atoms with van der Waals surface area (Å²) in [6.07, 6.45) is -1.54. The van der Waals surface area contributed by atoms with Crippen molar-refractivity contribution in [1.82, 2.24) is 5.32 Å². The molecule has 0 saturated heterocycles. The maximum absolute atomic E-state index is 11.8. The van der Waals surface area contributed by atoms with E-state index in [1.54, 1.807) is 30.3 Å². The first-order chi connectivity index (χ1) is 10.7. The van der Waals surface area contributed by atoms with E-state index < -0.39 is 12.2 Å². The molecule has 6 heteroatoms. The molecule has 0 spiro atoms. The van der Waals surface area contributed by atoms with E-state index in [1.165, 1.54) is 7.11 Å². The second kappa shape index (κ2) is 7.68. The predicted molar refractivity (Wildman–Crippen MR) is 81.1 cm³/mol. The molecule has 0 unspecified atom stereocenters. The highest BCUT2D eigenvalue weighted by atomic mass is 16.8. The van der Waals surface area contributed by atoms with E-state index in [4.69, 9.17) is 4.84 Å². The van der Waals surface area contributed by atoms with Gasteiger partial charge >= 0.3 is 12.2 Å². The van der Waals surface area contributed by atoms with Gasteiger partial charge in [-0.25, -0.2) is 9.59 Å². The summed E-state index contributed by atoms with van der Waals surface area (Å²) in [5, 5.41) is 3.36. The van der Waals surface area contributed by atoms with Gasteiger partial charge in [0.25, 0.3) is 0 Å². The zero-order valence-corrected chi connectivity index (χ0v) is 12.1. The fraction of sp³-hybridized carbons (Fsp3) is 0.125. The van der Waals surface area contributed by atoms with Gasteiger partial charge in [-0.05, 0) is 17.7 Å². The number of rotatable bonds is 3. The number of carbonyl (C=O) groups excluding carboxylic acids is 2. The standard InChI is InChI=1S/C16H16N2O4/c1-21-16(20)18(14-10-6-3-7-11-14)22-15(19)17-12-13-8-4-2-5-9-13/h2-11H,12H2,1H3,(H,17,19). The van der Waals surface area contributed by atoms with E-state index in [1.807, 2.05) is 30.3 Å². The van der Waals surface area contributed by atoms with Gasteiger partial charge in [0.1, 0.15) is 0 Å². The molecule has 0 aliphatic rings. The molecule has 0 radical (unpaired) electrons. The first-order valence-corrected chi connectivity index (χ1v) is 6.63. The van der Waals surface area contributed by atoms with Crippen LogP contribution in [-0.4, -0.2) is 19.3 Å². The molecule has 0 fully saturated rings. The number of hydrogen-bond donors (Lipinski definition) is 1. The van der Waals surface area contributed by atoms with Crippen LogP contribution in [0, 0.1) is 0 Å². The van der Waals surface area contributed by atoms with Gasteiger partial charge in [-0.15, -0.1) is 5.06 Å². The molecule has 22 heavy (non-hydrogen) atoms. The zero-order valence-electron chi connectivity index (χ0n) is 12.1. The third-order valence-corrected chi connectivity index (χ3v) is 2.79. The van der Waals surface area contributed by atoms with Crippen molar-refractivity contribution in [1.29, 1.82) is 0 Å². The van der Waals surface area contributed by atoms with E-state index in [0.717, 1.165) is 10.6 Å². The van der Waals surface area contributed by atoms with Gasteiger partial charge in [-0.2, -0.15) is 0 Å². The molecule has 0 atom stereocenters. The first-order valence-electron chi connectivity index (χ1n) is 6.63. The summed E-state index contributed by atoms with van der Waals surface area (Å²) >= 11 is 0. The maximum atomic E-state index is 11.8. The lowest BCUT2D eigenvalue weighted by Gasteiger charge is -2.19. The van der Waals surface area contributed by atoms with Crippen molar-refractivity contribution in [2.24, 2.45) is 0 Å². The molecule has 2 aromatic rings. The van der Waals surface area contributed by atoms with Gasteiger partial charge in [-0.3, -0.25) is 0 Å². The minimum Gasteiger partial charge on any atom is -0.450 e. The largest absolute Gasteiger partial charge is 0.450 e. The molecule has 0 saturated carbocycles. The molecule has 2 aromatic carbocycles. The summed E-state index contributed by atoms with van der Waals surface area (Å²) < 4.78 is 4.61. The quantitative estimate of drug-likeness (QED) is 0.884. The number of hydrogen-bond acceptors (Lipinski definition) is 4. The lowest BCUT2D eigenvalue weighted by Crippen LogP contribution is -2.37. The average molecular weight is 300 g/mol. The molecule has 6 nitrogen and oxygen atoms in total. The Balaban J connectivity index is 1.98. The molecule has 0 heterocycles. The van der Waals surface area contributed by atoms with Crippen LogP contribution in [0.5, 0.6) is 0 Å². The summed E-state index contributed by atoms with van der Waals surface area (Å²) in [5.41, 5.74) is 1.31. The van der Waals surface area contributed by atoms with Gasteiger partial charge in [0.2, 0.25) is 0 Å². The molecule has 114 valence electrons. The second-order valence-electron chi connectivity index (χ2n) is 4.32. The summed E-state index contributed by atoms with van der Waals surface area (Å²) in [4.78, 5) is 28.6. The van der Waals surface area contributed by atoms with Crippen LogP contribution in [0.3, 0.4) is 0 Å². The Morgan fingerprint density at radius 3 is 2.18 bits per heavy atom. The van der Waals surface area contributed by atoms with E-state index >= 15 is 0 Å². The summed E-state index contributed by atoms with van der Waals surface area (Å²) in [6, 6.07) is 17.8. The van der Waals surface area contributed by atoms with Gasteiger partial charge in [0.15, 0.2) is 0 Å². The molecular weight excluding hydrogens is 284 g/mol. The molecule has 0 bridgehead atoms. The van der Waals surface area contributed by atoms with Gasteiger partial charge in [-0.1, -0.05) is 48.5 Å². The van der Waals surface area contributed by atoms with Crippen molar-refractivity contribution in [2.45, 2.75) is 6.54 Å². The van der Waals surface area contributed by atoms with Crippen molar-refractivity contribution in [3.63, 3.8) is 0 Å². The lowest BCUT2D eigenvalue weighted by molar-refractivity contribution is 0.108. The highest BCUT2D eigenvalue weighted by Gasteiger charge is 2.21. The summed E-state index contributed by atoms with van der Waals surface area (Å²) in [6.45, 7) is 0.295. The van der Waals surface area contributed by atoms with Crippen molar-refractivity contribution < 1.29 is 19.2 Å². The van der Waals surface area contributed by atoms with Crippen LogP contribution < -0.4 is 10.4 Å². The van der Waals surface area contributed by atoms with Crippen LogP contribution in [0.25, 0.3) is 0 Å². The van der Waals surface area contributed by atoms with Crippen LogP contribution >= 0.6 is 0 Å². The SMILES string of the molecule is COC(=O)N(OC(=O)NCc1ccccc1)c1ccccc1. The molecule has 1 N–H and O–H groups in total. The van der Waals surface area contributed by atoms with Gasteiger partial charge < -0.3 is 14.9 Å². The van der Waals surface area contributed by atoms with E-state index in [0.29, 0.717) is 12.2 Å². The Bertz CT molecular complexity index is 617. The number of amides is 2. The van der Waals surface area contributed by atoms with Gasteiger partial charge in [0, 0.05) is 6.54 Å². The Morgan fingerprint density at radius 2 is 1.59 bits per heavy atom. The highest BCUT2D eigenvalue weighted by molar-refractivity contribution is 5.87. The van der Waals surface area contributed by atoms with Crippen LogP contribution in [0.4, 0.5) is 15.3 Å². The highest BCUT2D eigenvalue weighted by Crippen LogP contribution is 2.15. The van der Waals surface area contributed by atoms with E-state index in [-0.39, 0.29) is 0 Å². The van der Waals surface area contributed by atoms with Crippen molar-refractivity contribution in [3.05, 3.63) is 66.2 Å². The number of methoxy groups -OCH3 is 1. The predicted octanol–water partition coefficient (Wildman–Crippen LogP) is 3.10. The topological polar surface area (TPSA) is 67.9 Å². The summed E-state index contributed by atoms with van der Waals surface area (Å²) in [7, 11) is 1.21. The number of benzene rings is 2.